The average molecular weight is 417 g/mol. The lowest BCUT2D eigenvalue weighted by molar-refractivity contribution is -0.384. The summed E-state index contributed by atoms with van der Waals surface area (Å²) in [7, 11) is 6.41. The van der Waals surface area contributed by atoms with Gasteiger partial charge in [-0.15, -0.1) is 0 Å². The van der Waals surface area contributed by atoms with Gasteiger partial charge in [0.2, 0.25) is 5.91 Å². The third-order valence-corrected chi connectivity index (χ3v) is 4.90. The van der Waals surface area contributed by atoms with Crippen LogP contribution in [0.2, 0.25) is 0 Å². The Kier molecular flexibility index (Phi) is 7.99. The summed E-state index contributed by atoms with van der Waals surface area (Å²) in [4.78, 5) is 25.3. The fraction of sp³-hybridized carbons (Fsp3) is 0.381. The molecule has 0 aliphatic rings. The van der Waals surface area contributed by atoms with Gasteiger partial charge < -0.3 is 19.5 Å². The number of likely N-dealkylation sites (N-methyl/N-ethyl adjacent to an activating group) is 1. The van der Waals surface area contributed by atoms with E-state index in [0.717, 1.165) is 5.56 Å². The van der Waals surface area contributed by atoms with Gasteiger partial charge in [-0.05, 0) is 50.2 Å². The van der Waals surface area contributed by atoms with Crippen LogP contribution in [0.25, 0.3) is 0 Å². The van der Waals surface area contributed by atoms with Crippen molar-refractivity contribution in [2.45, 2.75) is 19.4 Å². The molecule has 2 aromatic rings. The van der Waals surface area contributed by atoms with Gasteiger partial charge in [0.15, 0.2) is 11.5 Å². The fourth-order valence-corrected chi connectivity index (χ4v) is 2.87. The Bertz CT molecular complexity index is 902. The van der Waals surface area contributed by atoms with Crippen LogP contribution in [0.4, 0.5) is 11.4 Å². The number of amides is 1. The Hall–Kier alpha value is -3.33. The first-order valence-electron chi connectivity index (χ1n) is 9.35. The number of nitro benzene ring substituents is 1. The summed E-state index contributed by atoms with van der Waals surface area (Å²) in [6, 6.07) is 9.50. The number of carbonyl (C=O) groups excluding carboxylic acids is 1. The topological polar surface area (TPSA) is 103 Å². The van der Waals surface area contributed by atoms with Crippen molar-refractivity contribution in [3.63, 3.8) is 0 Å². The first-order chi connectivity index (χ1) is 14.3. The number of hydrogen-bond donors (Lipinski definition) is 1. The van der Waals surface area contributed by atoms with Gasteiger partial charge in [-0.1, -0.05) is 6.07 Å². The molecule has 0 bridgehead atoms. The second-order valence-electron chi connectivity index (χ2n) is 6.73. The zero-order chi connectivity index (χ0) is 22.3. The highest BCUT2D eigenvalue weighted by Gasteiger charge is 2.22. The maximum Gasteiger partial charge on any atom is 0.296 e. The summed E-state index contributed by atoms with van der Waals surface area (Å²) in [6.45, 7) is 2.36. The van der Waals surface area contributed by atoms with Crippen LogP contribution in [0.15, 0.2) is 36.4 Å². The van der Waals surface area contributed by atoms with E-state index in [1.54, 1.807) is 27.2 Å². The smallest absolute Gasteiger partial charge is 0.296 e. The first-order valence-corrected chi connectivity index (χ1v) is 9.35. The number of methoxy groups -OCH3 is 3. The molecule has 0 heterocycles. The lowest BCUT2D eigenvalue weighted by Crippen LogP contribution is -2.40. The Morgan fingerprint density at radius 2 is 1.80 bits per heavy atom. The van der Waals surface area contributed by atoms with Crippen LogP contribution >= 0.6 is 0 Å². The molecule has 0 unspecified atom stereocenters. The quantitative estimate of drug-likeness (QED) is 0.468. The minimum absolute atomic E-state index is 0.131. The Morgan fingerprint density at radius 1 is 1.10 bits per heavy atom. The molecule has 0 aromatic heterocycles. The van der Waals surface area contributed by atoms with Gasteiger partial charge >= 0.3 is 0 Å². The van der Waals surface area contributed by atoms with Crippen molar-refractivity contribution in [2.24, 2.45) is 0 Å². The fourth-order valence-electron chi connectivity index (χ4n) is 2.87. The summed E-state index contributed by atoms with van der Waals surface area (Å²) >= 11 is 0. The molecule has 2 aromatic carbocycles. The molecule has 0 fully saturated rings. The standard InChI is InChI=1S/C21H27N3O6/c1-14(21(25)22-17-8-7-16(28-3)13-18(17)24(26)27)23(2)11-10-15-6-9-19(29-4)20(12-15)30-5/h6-9,12-14H,10-11H2,1-5H3,(H,22,25)/t14-/m0/s1. The predicted molar refractivity (Wildman–Crippen MR) is 114 cm³/mol. The molecule has 1 N–H and O–H groups in total. The summed E-state index contributed by atoms with van der Waals surface area (Å²) in [5, 5.41) is 13.9. The molecule has 0 aliphatic heterocycles. The van der Waals surface area contributed by atoms with E-state index in [2.05, 4.69) is 5.32 Å². The molecule has 1 amide bonds. The number of carbonyl (C=O) groups is 1. The number of anilines is 1. The maximum atomic E-state index is 12.6. The van der Waals surface area contributed by atoms with E-state index >= 15 is 0 Å². The largest absolute Gasteiger partial charge is 0.496 e. The summed E-state index contributed by atoms with van der Waals surface area (Å²) in [5.41, 5.74) is 0.951. The molecular formula is C21H27N3O6. The van der Waals surface area contributed by atoms with E-state index in [0.29, 0.717) is 30.2 Å². The van der Waals surface area contributed by atoms with Crippen molar-refractivity contribution in [2.75, 3.05) is 40.2 Å². The highest BCUT2D eigenvalue weighted by atomic mass is 16.6. The summed E-state index contributed by atoms with van der Waals surface area (Å²) in [5.74, 6) is 1.32. The number of rotatable bonds is 10. The summed E-state index contributed by atoms with van der Waals surface area (Å²) < 4.78 is 15.6. The molecule has 30 heavy (non-hydrogen) atoms. The van der Waals surface area contributed by atoms with E-state index < -0.39 is 11.0 Å². The molecule has 0 radical (unpaired) electrons. The molecule has 0 spiro atoms. The molecule has 162 valence electrons. The number of ether oxygens (including phenoxy) is 3. The van der Waals surface area contributed by atoms with Crippen molar-refractivity contribution < 1.29 is 23.9 Å². The van der Waals surface area contributed by atoms with Gasteiger partial charge in [-0.25, -0.2) is 0 Å². The van der Waals surface area contributed by atoms with Gasteiger partial charge in [0.05, 0.1) is 38.4 Å². The lowest BCUT2D eigenvalue weighted by atomic mass is 10.1. The number of nitro groups is 1. The molecule has 1 atom stereocenters. The molecule has 9 nitrogen and oxygen atoms in total. The minimum atomic E-state index is -0.552. The number of benzene rings is 2. The highest BCUT2D eigenvalue weighted by Crippen LogP contribution is 2.29. The highest BCUT2D eigenvalue weighted by molar-refractivity contribution is 5.96. The lowest BCUT2D eigenvalue weighted by Gasteiger charge is -2.24. The Balaban J connectivity index is 2.02. The Morgan fingerprint density at radius 3 is 2.40 bits per heavy atom. The van der Waals surface area contributed by atoms with Crippen molar-refractivity contribution >= 4 is 17.3 Å². The van der Waals surface area contributed by atoms with E-state index in [9.17, 15) is 14.9 Å². The zero-order valence-corrected chi connectivity index (χ0v) is 17.8. The third kappa shape index (κ3) is 5.60. The van der Waals surface area contributed by atoms with Crippen molar-refractivity contribution in [1.82, 2.24) is 4.90 Å². The van der Waals surface area contributed by atoms with E-state index in [-0.39, 0.29) is 17.3 Å². The molecular weight excluding hydrogens is 390 g/mol. The minimum Gasteiger partial charge on any atom is -0.496 e. The van der Waals surface area contributed by atoms with E-state index in [1.807, 2.05) is 30.1 Å². The van der Waals surface area contributed by atoms with Crippen LogP contribution in [-0.4, -0.2) is 56.7 Å². The zero-order valence-electron chi connectivity index (χ0n) is 17.8. The number of nitrogens with one attached hydrogen (secondary N) is 1. The number of hydrogen-bond acceptors (Lipinski definition) is 7. The van der Waals surface area contributed by atoms with Gasteiger partial charge in [0, 0.05) is 6.54 Å². The first kappa shape index (κ1) is 23.0. The van der Waals surface area contributed by atoms with Crippen molar-refractivity contribution in [1.29, 1.82) is 0 Å². The third-order valence-electron chi connectivity index (χ3n) is 4.90. The van der Waals surface area contributed by atoms with Gasteiger partial charge in [-0.3, -0.25) is 19.8 Å². The van der Waals surface area contributed by atoms with Crippen LogP contribution in [0.3, 0.4) is 0 Å². The van der Waals surface area contributed by atoms with Gasteiger partial charge in [0.1, 0.15) is 11.4 Å². The van der Waals surface area contributed by atoms with Gasteiger partial charge in [0.25, 0.3) is 5.69 Å². The summed E-state index contributed by atoms with van der Waals surface area (Å²) in [6.07, 6.45) is 0.692. The van der Waals surface area contributed by atoms with Crippen LogP contribution in [0.1, 0.15) is 12.5 Å². The SMILES string of the molecule is COc1ccc(NC(=O)[C@H](C)N(C)CCc2ccc(OC)c(OC)c2)c([N+](=O)[O-])c1. The average Bonchev–Trinajstić information content (AvgIpc) is 2.76. The predicted octanol–water partition coefficient (Wildman–Crippen LogP) is 3.12. The maximum absolute atomic E-state index is 12.6. The van der Waals surface area contributed by atoms with Crippen molar-refractivity contribution in [3.05, 3.63) is 52.1 Å². The second kappa shape index (κ2) is 10.4. The van der Waals surface area contributed by atoms with E-state index in [4.69, 9.17) is 14.2 Å². The van der Waals surface area contributed by atoms with Crippen LogP contribution in [-0.2, 0) is 11.2 Å². The molecule has 0 saturated carbocycles. The van der Waals surface area contributed by atoms with Gasteiger partial charge in [-0.2, -0.15) is 0 Å². The normalized spacial score (nSPS) is 11.7. The van der Waals surface area contributed by atoms with Crippen molar-refractivity contribution in [3.8, 4) is 17.2 Å². The second-order valence-corrected chi connectivity index (χ2v) is 6.73. The molecule has 2 rings (SSSR count). The van der Waals surface area contributed by atoms with Crippen LogP contribution in [0, 0.1) is 10.1 Å². The van der Waals surface area contributed by atoms with Crippen LogP contribution in [0.5, 0.6) is 17.2 Å². The Labute approximate surface area is 175 Å². The molecule has 0 aliphatic carbocycles. The monoisotopic (exact) mass is 417 g/mol. The molecule has 0 saturated heterocycles. The van der Waals surface area contributed by atoms with E-state index in [1.165, 1.54) is 19.2 Å². The number of nitrogens with zero attached hydrogens (tertiary/aromatic N) is 2. The molecule has 9 heteroatoms. The van der Waals surface area contributed by atoms with Crippen LogP contribution < -0.4 is 19.5 Å².